The van der Waals surface area contributed by atoms with Crippen LogP contribution in [0.5, 0.6) is 0 Å². The Morgan fingerprint density at radius 1 is 1.35 bits per heavy atom. The second-order valence-electron chi connectivity index (χ2n) is 4.01. The molecule has 1 aromatic heterocycles. The largest absolute Gasteiger partial charge is 0.288 e. The van der Waals surface area contributed by atoms with Gasteiger partial charge in [0, 0.05) is 18.3 Å². The van der Waals surface area contributed by atoms with Gasteiger partial charge in [0.1, 0.15) is 5.82 Å². The van der Waals surface area contributed by atoms with E-state index in [1.54, 1.807) is 24.7 Å². The SMILES string of the molecule is Cc1nn(C)c(C)c1C(=O)c1cccc(F)c1. The van der Waals surface area contributed by atoms with Crippen LogP contribution in [0.4, 0.5) is 4.39 Å². The van der Waals surface area contributed by atoms with Crippen LogP contribution in [0, 0.1) is 19.7 Å². The Bertz CT molecular complexity index is 587. The third kappa shape index (κ3) is 1.98. The van der Waals surface area contributed by atoms with Crippen LogP contribution in [0.1, 0.15) is 27.3 Å². The molecule has 0 atom stereocenters. The van der Waals surface area contributed by atoms with Crippen molar-refractivity contribution in [3.63, 3.8) is 0 Å². The minimum atomic E-state index is -0.407. The van der Waals surface area contributed by atoms with E-state index in [1.165, 1.54) is 18.2 Å². The molecule has 0 aliphatic rings. The highest BCUT2D eigenvalue weighted by Gasteiger charge is 2.18. The van der Waals surface area contributed by atoms with Gasteiger partial charge in [-0.25, -0.2) is 4.39 Å². The maximum Gasteiger partial charge on any atom is 0.196 e. The fourth-order valence-corrected chi connectivity index (χ4v) is 1.88. The van der Waals surface area contributed by atoms with Gasteiger partial charge in [0.2, 0.25) is 0 Å². The van der Waals surface area contributed by atoms with E-state index in [2.05, 4.69) is 5.10 Å². The average molecular weight is 232 g/mol. The van der Waals surface area contributed by atoms with E-state index in [4.69, 9.17) is 0 Å². The maximum absolute atomic E-state index is 13.1. The van der Waals surface area contributed by atoms with Gasteiger partial charge in [-0.2, -0.15) is 5.10 Å². The van der Waals surface area contributed by atoms with Gasteiger partial charge >= 0.3 is 0 Å². The topological polar surface area (TPSA) is 34.9 Å². The molecule has 0 fully saturated rings. The summed E-state index contributed by atoms with van der Waals surface area (Å²) in [6.45, 7) is 3.60. The molecular weight excluding hydrogens is 219 g/mol. The third-order valence-electron chi connectivity index (χ3n) is 2.82. The van der Waals surface area contributed by atoms with Crippen LogP contribution in [-0.4, -0.2) is 15.6 Å². The van der Waals surface area contributed by atoms with E-state index in [0.717, 1.165) is 5.69 Å². The summed E-state index contributed by atoms with van der Waals surface area (Å²) in [6, 6.07) is 5.70. The molecule has 1 heterocycles. The van der Waals surface area contributed by atoms with Crippen LogP contribution < -0.4 is 0 Å². The lowest BCUT2D eigenvalue weighted by Gasteiger charge is -2.01. The number of ketones is 1. The molecular formula is C13H13FN2O. The highest BCUT2D eigenvalue weighted by atomic mass is 19.1. The molecule has 2 rings (SSSR count). The summed E-state index contributed by atoms with van der Waals surface area (Å²) in [6.07, 6.45) is 0. The predicted octanol–water partition coefficient (Wildman–Crippen LogP) is 2.41. The fourth-order valence-electron chi connectivity index (χ4n) is 1.88. The van der Waals surface area contributed by atoms with Crippen molar-refractivity contribution in [3.8, 4) is 0 Å². The van der Waals surface area contributed by atoms with Gasteiger partial charge in [-0.15, -0.1) is 0 Å². The zero-order chi connectivity index (χ0) is 12.6. The molecule has 0 amide bonds. The van der Waals surface area contributed by atoms with Crippen LogP contribution >= 0.6 is 0 Å². The quantitative estimate of drug-likeness (QED) is 0.745. The number of aromatic nitrogens is 2. The van der Waals surface area contributed by atoms with E-state index in [-0.39, 0.29) is 5.78 Å². The van der Waals surface area contributed by atoms with Gasteiger partial charge in [-0.1, -0.05) is 12.1 Å². The minimum Gasteiger partial charge on any atom is -0.288 e. The number of aryl methyl sites for hydroxylation is 2. The molecule has 0 saturated carbocycles. The lowest BCUT2D eigenvalue weighted by molar-refractivity contribution is 0.103. The van der Waals surface area contributed by atoms with Crippen molar-refractivity contribution in [3.05, 3.63) is 52.6 Å². The summed E-state index contributed by atoms with van der Waals surface area (Å²) < 4.78 is 14.7. The van der Waals surface area contributed by atoms with Gasteiger partial charge in [0.15, 0.2) is 5.78 Å². The fraction of sp³-hybridized carbons (Fsp3) is 0.231. The molecule has 0 bridgehead atoms. The van der Waals surface area contributed by atoms with Crippen molar-refractivity contribution in [2.75, 3.05) is 0 Å². The number of hydrogen-bond acceptors (Lipinski definition) is 2. The first kappa shape index (κ1) is 11.5. The molecule has 88 valence electrons. The van der Waals surface area contributed by atoms with E-state index < -0.39 is 5.82 Å². The van der Waals surface area contributed by atoms with E-state index in [9.17, 15) is 9.18 Å². The monoisotopic (exact) mass is 232 g/mol. The molecule has 17 heavy (non-hydrogen) atoms. The smallest absolute Gasteiger partial charge is 0.196 e. The Balaban J connectivity index is 2.51. The Labute approximate surface area is 98.9 Å². The average Bonchev–Trinajstić information content (AvgIpc) is 2.52. The van der Waals surface area contributed by atoms with E-state index in [1.807, 2.05) is 6.92 Å². The Morgan fingerprint density at radius 3 is 2.59 bits per heavy atom. The van der Waals surface area contributed by atoms with Gasteiger partial charge in [0.25, 0.3) is 0 Å². The van der Waals surface area contributed by atoms with Crippen molar-refractivity contribution >= 4 is 5.78 Å². The normalized spacial score (nSPS) is 10.6. The molecule has 4 heteroatoms. The summed E-state index contributed by atoms with van der Waals surface area (Å²) in [7, 11) is 1.78. The van der Waals surface area contributed by atoms with Gasteiger partial charge in [0.05, 0.1) is 11.3 Å². The summed E-state index contributed by atoms with van der Waals surface area (Å²) in [5.74, 6) is -0.595. The maximum atomic E-state index is 13.1. The van der Waals surface area contributed by atoms with Crippen LogP contribution in [0.3, 0.4) is 0 Å². The number of rotatable bonds is 2. The third-order valence-corrected chi connectivity index (χ3v) is 2.82. The van der Waals surface area contributed by atoms with Crippen LogP contribution in [0.2, 0.25) is 0 Å². The minimum absolute atomic E-state index is 0.187. The Morgan fingerprint density at radius 2 is 2.06 bits per heavy atom. The summed E-state index contributed by atoms with van der Waals surface area (Å²) in [4.78, 5) is 12.2. The standard InChI is InChI=1S/C13H13FN2O/c1-8-12(9(2)16(3)15-8)13(17)10-5-4-6-11(14)7-10/h4-7H,1-3H3. The second kappa shape index (κ2) is 4.13. The number of hydrogen-bond donors (Lipinski definition) is 0. The van der Waals surface area contributed by atoms with E-state index in [0.29, 0.717) is 16.8 Å². The molecule has 0 unspecified atom stereocenters. The predicted molar refractivity (Wildman–Crippen MR) is 62.5 cm³/mol. The lowest BCUT2D eigenvalue weighted by atomic mass is 10.0. The molecule has 0 spiro atoms. The highest BCUT2D eigenvalue weighted by Crippen LogP contribution is 2.17. The molecule has 0 aliphatic carbocycles. The molecule has 1 aromatic carbocycles. The van der Waals surface area contributed by atoms with Gasteiger partial charge < -0.3 is 0 Å². The first-order valence-electron chi connectivity index (χ1n) is 5.31. The number of halogens is 1. The summed E-state index contributed by atoms with van der Waals surface area (Å²) in [5, 5.41) is 4.18. The van der Waals surface area contributed by atoms with Gasteiger partial charge in [-0.3, -0.25) is 9.48 Å². The van der Waals surface area contributed by atoms with E-state index >= 15 is 0 Å². The Kier molecular flexibility index (Phi) is 2.79. The Hall–Kier alpha value is -1.97. The molecule has 0 aliphatic heterocycles. The van der Waals surface area contributed by atoms with Crippen LogP contribution in [-0.2, 0) is 7.05 Å². The van der Waals surface area contributed by atoms with Crippen LogP contribution in [0.25, 0.3) is 0 Å². The van der Waals surface area contributed by atoms with Crippen molar-refractivity contribution < 1.29 is 9.18 Å². The zero-order valence-corrected chi connectivity index (χ0v) is 9.99. The van der Waals surface area contributed by atoms with Crippen molar-refractivity contribution in [2.45, 2.75) is 13.8 Å². The van der Waals surface area contributed by atoms with Crippen molar-refractivity contribution in [1.29, 1.82) is 0 Å². The molecule has 3 nitrogen and oxygen atoms in total. The molecule has 0 saturated heterocycles. The summed E-state index contributed by atoms with van der Waals surface area (Å²) in [5.41, 5.74) is 2.36. The van der Waals surface area contributed by atoms with Crippen molar-refractivity contribution in [2.24, 2.45) is 7.05 Å². The second-order valence-corrected chi connectivity index (χ2v) is 4.01. The van der Waals surface area contributed by atoms with Gasteiger partial charge in [-0.05, 0) is 26.0 Å². The number of nitrogens with zero attached hydrogens (tertiary/aromatic N) is 2. The molecule has 2 aromatic rings. The first-order chi connectivity index (χ1) is 8.00. The summed E-state index contributed by atoms with van der Waals surface area (Å²) >= 11 is 0. The highest BCUT2D eigenvalue weighted by molar-refractivity contribution is 6.10. The van der Waals surface area contributed by atoms with Crippen molar-refractivity contribution in [1.82, 2.24) is 9.78 Å². The number of carbonyl (C=O) groups excluding carboxylic acids is 1. The number of carbonyl (C=O) groups is 1. The first-order valence-corrected chi connectivity index (χ1v) is 5.31. The molecule has 0 radical (unpaired) electrons. The number of benzene rings is 1. The van der Waals surface area contributed by atoms with Crippen LogP contribution in [0.15, 0.2) is 24.3 Å². The molecule has 0 N–H and O–H groups in total. The lowest BCUT2D eigenvalue weighted by Crippen LogP contribution is -2.05. The zero-order valence-electron chi connectivity index (χ0n) is 9.99.